The molecule has 0 unspecified atom stereocenters. The van der Waals surface area contributed by atoms with Crippen LogP contribution in [0.3, 0.4) is 0 Å². The molecule has 0 saturated carbocycles. The number of para-hydroxylation sites is 1. The number of nitriles is 1. The van der Waals surface area contributed by atoms with E-state index >= 15 is 0 Å². The van der Waals surface area contributed by atoms with Crippen molar-refractivity contribution in [1.29, 1.82) is 5.26 Å². The van der Waals surface area contributed by atoms with Crippen molar-refractivity contribution >= 4 is 17.6 Å². The van der Waals surface area contributed by atoms with E-state index in [9.17, 15) is 9.59 Å². The summed E-state index contributed by atoms with van der Waals surface area (Å²) in [7, 11) is 0. The maximum atomic E-state index is 12.4. The number of rotatable bonds is 5. The molecule has 1 aliphatic rings. The molecule has 0 aromatic heterocycles. The lowest BCUT2D eigenvalue weighted by Crippen LogP contribution is -2.28. The number of ether oxygens (including phenoxy) is 1. The van der Waals surface area contributed by atoms with Crippen molar-refractivity contribution in [3.63, 3.8) is 0 Å². The van der Waals surface area contributed by atoms with Gasteiger partial charge in [-0.1, -0.05) is 32.0 Å². The van der Waals surface area contributed by atoms with Crippen LogP contribution in [0.25, 0.3) is 0 Å². The fourth-order valence-electron chi connectivity index (χ4n) is 2.77. The third-order valence-electron chi connectivity index (χ3n) is 4.30. The summed E-state index contributed by atoms with van der Waals surface area (Å²) in [4.78, 5) is 26.1. The Morgan fingerprint density at radius 1 is 1.43 bits per heavy atom. The normalized spacial score (nSPS) is 20.0. The number of hydrogen-bond donors (Lipinski definition) is 0. The lowest BCUT2D eigenvalue weighted by atomic mass is 9.96. The number of anilines is 1. The van der Waals surface area contributed by atoms with Crippen molar-refractivity contribution < 1.29 is 14.3 Å². The van der Waals surface area contributed by atoms with E-state index < -0.39 is 18.0 Å². The summed E-state index contributed by atoms with van der Waals surface area (Å²) < 4.78 is 5.04. The summed E-state index contributed by atoms with van der Waals surface area (Å²) in [6.07, 6.45) is 0.315. The molecular formula is C18H22N2O3. The van der Waals surface area contributed by atoms with E-state index in [0.717, 1.165) is 17.7 Å². The minimum atomic E-state index is -0.793. The van der Waals surface area contributed by atoms with Crippen LogP contribution in [0, 0.1) is 17.2 Å². The summed E-state index contributed by atoms with van der Waals surface area (Å²) >= 11 is 0. The van der Waals surface area contributed by atoms with Gasteiger partial charge in [-0.25, -0.2) is 0 Å². The van der Waals surface area contributed by atoms with Gasteiger partial charge in [-0.2, -0.15) is 5.26 Å². The maximum absolute atomic E-state index is 12.4. The Labute approximate surface area is 136 Å². The predicted molar refractivity (Wildman–Crippen MR) is 86.8 cm³/mol. The molecule has 5 heteroatoms. The largest absolute Gasteiger partial charge is 0.447 e. The van der Waals surface area contributed by atoms with Crippen molar-refractivity contribution in [2.75, 3.05) is 11.4 Å². The number of amides is 1. The lowest BCUT2D eigenvalue weighted by molar-refractivity contribution is -0.150. The van der Waals surface area contributed by atoms with Crippen LogP contribution in [0.15, 0.2) is 24.3 Å². The first kappa shape index (κ1) is 17.0. The van der Waals surface area contributed by atoms with E-state index in [1.54, 1.807) is 4.90 Å². The van der Waals surface area contributed by atoms with Crippen LogP contribution in [-0.2, 0) is 14.3 Å². The van der Waals surface area contributed by atoms with E-state index in [1.165, 1.54) is 6.92 Å². The van der Waals surface area contributed by atoms with Crippen molar-refractivity contribution in [1.82, 2.24) is 0 Å². The van der Waals surface area contributed by atoms with Gasteiger partial charge in [-0.15, -0.1) is 0 Å². The van der Waals surface area contributed by atoms with E-state index in [4.69, 9.17) is 10.00 Å². The highest BCUT2D eigenvalue weighted by Gasteiger charge is 2.37. The van der Waals surface area contributed by atoms with Crippen molar-refractivity contribution in [3.8, 4) is 6.07 Å². The first-order valence-electron chi connectivity index (χ1n) is 7.97. The Balaban J connectivity index is 2.19. The fraction of sp³-hybridized carbons (Fsp3) is 0.500. The van der Waals surface area contributed by atoms with Crippen LogP contribution in [0.4, 0.5) is 5.69 Å². The number of carbonyl (C=O) groups excluding carboxylic acids is 2. The number of benzene rings is 1. The molecule has 1 amide bonds. The second-order valence-corrected chi connectivity index (χ2v) is 5.98. The SMILES string of the molecule is CC[C@@H](C)c1ccccc1N1C[C@H](C(=O)O[C@@H](C)C#N)CC1=O. The molecule has 1 fully saturated rings. The molecule has 0 bridgehead atoms. The Kier molecular flexibility index (Phi) is 5.38. The van der Waals surface area contributed by atoms with Crippen LogP contribution in [-0.4, -0.2) is 24.5 Å². The summed E-state index contributed by atoms with van der Waals surface area (Å²) in [5.74, 6) is -0.727. The van der Waals surface area contributed by atoms with Crippen LogP contribution < -0.4 is 4.90 Å². The number of nitrogens with zero attached hydrogens (tertiary/aromatic N) is 2. The molecule has 3 atom stereocenters. The van der Waals surface area contributed by atoms with Gasteiger partial charge in [-0.05, 0) is 30.9 Å². The van der Waals surface area contributed by atoms with Gasteiger partial charge in [0, 0.05) is 18.7 Å². The molecule has 2 rings (SSSR count). The summed E-state index contributed by atoms with van der Waals surface area (Å²) in [5.41, 5.74) is 1.98. The van der Waals surface area contributed by atoms with Crippen molar-refractivity contribution in [2.45, 2.75) is 45.6 Å². The Morgan fingerprint density at radius 2 is 2.13 bits per heavy atom. The van der Waals surface area contributed by atoms with Crippen molar-refractivity contribution in [3.05, 3.63) is 29.8 Å². The average Bonchev–Trinajstić information content (AvgIpc) is 2.95. The molecule has 1 aromatic rings. The molecule has 0 spiro atoms. The fourth-order valence-corrected chi connectivity index (χ4v) is 2.77. The Bertz CT molecular complexity index is 635. The molecule has 0 aliphatic carbocycles. The van der Waals surface area contributed by atoms with Gasteiger partial charge in [0.05, 0.1) is 5.92 Å². The molecule has 1 heterocycles. The first-order chi connectivity index (χ1) is 11.0. The van der Waals surface area contributed by atoms with E-state index in [1.807, 2.05) is 30.3 Å². The summed E-state index contributed by atoms with van der Waals surface area (Å²) in [5, 5.41) is 8.73. The van der Waals surface area contributed by atoms with E-state index in [0.29, 0.717) is 12.5 Å². The molecule has 5 nitrogen and oxygen atoms in total. The molecule has 1 aromatic carbocycles. The zero-order valence-electron chi connectivity index (χ0n) is 13.8. The van der Waals surface area contributed by atoms with Crippen LogP contribution in [0.1, 0.15) is 45.1 Å². The second kappa shape index (κ2) is 7.28. The predicted octanol–water partition coefficient (Wildman–Crippen LogP) is 3.01. The standard InChI is InChI=1S/C18H22N2O3/c1-4-12(2)15-7-5-6-8-16(15)20-11-14(9-17(20)21)18(22)23-13(3)10-19/h5-8,12-14H,4,9,11H2,1-3H3/t12-,13+,14-/m1/s1. The Hall–Kier alpha value is -2.35. The summed E-state index contributed by atoms with van der Waals surface area (Å²) in [6.45, 7) is 6.06. The van der Waals surface area contributed by atoms with Gasteiger partial charge >= 0.3 is 5.97 Å². The minimum absolute atomic E-state index is 0.0766. The molecule has 0 radical (unpaired) electrons. The quantitative estimate of drug-likeness (QED) is 0.783. The molecule has 23 heavy (non-hydrogen) atoms. The van der Waals surface area contributed by atoms with Crippen LogP contribution in [0.2, 0.25) is 0 Å². The minimum Gasteiger partial charge on any atom is -0.447 e. The lowest BCUT2D eigenvalue weighted by Gasteiger charge is -2.23. The number of carbonyl (C=O) groups is 2. The van der Waals surface area contributed by atoms with Crippen molar-refractivity contribution in [2.24, 2.45) is 5.92 Å². The smallest absolute Gasteiger partial charge is 0.312 e. The van der Waals surface area contributed by atoms with E-state index in [2.05, 4.69) is 13.8 Å². The van der Waals surface area contributed by atoms with Gasteiger partial charge in [-0.3, -0.25) is 9.59 Å². The topological polar surface area (TPSA) is 70.4 Å². The molecule has 122 valence electrons. The monoisotopic (exact) mass is 314 g/mol. The van der Waals surface area contributed by atoms with Gasteiger partial charge in [0.1, 0.15) is 6.07 Å². The van der Waals surface area contributed by atoms with Gasteiger partial charge in [0.2, 0.25) is 5.91 Å². The zero-order valence-corrected chi connectivity index (χ0v) is 13.8. The molecule has 1 aliphatic heterocycles. The summed E-state index contributed by atoms with van der Waals surface area (Å²) in [6, 6.07) is 9.68. The van der Waals surface area contributed by atoms with Gasteiger partial charge < -0.3 is 9.64 Å². The number of esters is 1. The Morgan fingerprint density at radius 3 is 2.78 bits per heavy atom. The average molecular weight is 314 g/mol. The zero-order chi connectivity index (χ0) is 17.0. The molecule has 1 saturated heterocycles. The highest BCUT2D eigenvalue weighted by Crippen LogP contribution is 2.33. The van der Waals surface area contributed by atoms with Gasteiger partial charge in [0.25, 0.3) is 0 Å². The third kappa shape index (κ3) is 3.70. The highest BCUT2D eigenvalue weighted by molar-refractivity contribution is 6.00. The van der Waals surface area contributed by atoms with Gasteiger partial charge in [0.15, 0.2) is 6.10 Å². The third-order valence-corrected chi connectivity index (χ3v) is 4.30. The number of hydrogen-bond acceptors (Lipinski definition) is 4. The van der Waals surface area contributed by atoms with E-state index in [-0.39, 0.29) is 12.3 Å². The maximum Gasteiger partial charge on any atom is 0.312 e. The highest BCUT2D eigenvalue weighted by atomic mass is 16.5. The first-order valence-corrected chi connectivity index (χ1v) is 7.97. The second-order valence-electron chi connectivity index (χ2n) is 5.98. The molecular weight excluding hydrogens is 292 g/mol. The molecule has 0 N–H and O–H groups in total. The van der Waals surface area contributed by atoms with Crippen LogP contribution in [0.5, 0.6) is 0 Å². The van der Waals surface area contributed by atoms with Crippen LogP contribution >= 0.6 is 0 Å².